The molecule has 0 saturated carbocycles. The summed E-state index contributed by atoms with van der Waals surface area (Å²) in [6.07, 6.45) is 2.89. The molecule has 3 N–H and O–H groups in total. The quantitative estimate of drug-likeness (QED) is 0.734. The van der Waals surface area contributed by atoms with Crippen molar-refractivity contribution >= 4 is 5.97 Å². The molecule has 2 saturated heterocycles. The van der Waals surface area contributed by atoms with Crippen LogP contribution >= 0.6 is 0 Å². The van der Waals surface area contributed by atoms with E-state index in [2.05, 4.69) is 11.9 Å². The molecule has 98 valence electrons. The Morgan fingerprint density at radius 3 is 2.82 bits per heavy atom. The van der Waals surface area contributed by atoms with Crippen molar-refractivity contribution in [1.82, 2.24) is 4.90 Å². The number of rotatable bonds is 4. The molecule has 0 aliphatic carbocycles. The van der Waals surface area contributed by atoms with Crippen LogP contribution in [0.15, 0.2) is 0 Å². The number of carbonyl (C=O) groups is 1. The summed E-state index contributed by atoms with van der Waals surface area (Å²) in [5.74, 6) is -0.374. The first-order valence-corrected chi connectivity index (χ1v) is 6.28. The Morgan fingerprint density at radius 1 is 1.65 bits per heavy atom. The normalized spacial score (nSPS) is 30.6. The molecule has 2 aliphatic rings. The average Bonchev–Trinajstić information content (AvgIpc) is 2.22. The molecule has 5 nitrogen and oxygen atoms in total. The zero-order valence-electron chi connectivity index (χ0n) is 10.4. The van der Waals surface area contributed by atoms with E-state index in [0.29, 0.717) is 25.6 Å². The molecule has 2 atom stereocenters. The Hall–Kier alpha value is -0.650. The monoisotopic (exact) mass is 242 g/mol. The highest BCUT2D eigenvalue weighted by Gasteiger charge is 2.47. The molecule has 0 radical (unpaired) electrons. The van der Waals surface area contributed by atoms with Crippen LogP contribution in [-0.4, -0.2) is 55.4 Å². The van der Waals surface area contributed by atoms with Crippen molar-refractivity contribution in [2.75, 3.05) is 33.4 Å². The summed E-state index contributed by atoms with van der Waals surface area (Å²) in [7, 11) is 2.12. The minimum Gasteiger partial charge on any atom is -0.480 e. The van der Waals surface area contributed by atoms with Gasteiger partial charge in [-0.2, -0.15) is 0 Å². The molecule has 0 spiro atoms. The van der Waals surface area contributed by atoms with Crippen LogP contribution in [0.1, 0.15) is 19.3 Å². The highest BCUT2D eigenvalue weighted by molar-refractivity contribution is 5.73. The first-order chi connectivity index (χ1) is 8.03. The number of piperidine rings is 1. The maximum atomic E-state index is 10.9. The fourth-order valence-corrected chi connectivity index (χ4v) is 3.08. The van der Waals surface area contributed by atoms with E-state index in [4.69, 9.17) is 15.6 Å². The third-order valence-electron chi connectivity index (χ3n) is 4.21. The van der Waals surface area contributed by atoms with E-state index in [0.717, 1.165) is 13.1 Å². The topological polar surface area (TPSA) is 75.8 Å². The molecule has 2 unspecified atom stereocenters. The molecule has 2 heterocycles. The number of nitrogens with two attached hydrogens (primary N) is 1. The minimum absolute atomic E-state index is 0.00644. The standard InChI is InChI=1S/C12H22N2O3/c1-14-4-2-3-9(6-14)12(7-17-8-12)5-10(13)11(15)16/h9-10H,2-8,13H2,1H3,(H,15,16). The van der Waals surface area contributed by atoms with Gasteiger partial charge in [0.25, 0.3) is 0 Å². The lowest BCUT2D eigenvalue weighted by molar-refractivity contribution is -0.168. The van der Waals surface area contributed by atoms with Gasteiger partial charge in [0.1, 0.15) is 6.04 Å². The van der Waals surface area contributed by atoms with Crippen molar-refractivity contribution in [3.63, 3.8) is 0 Å². The summed E-state index contributed by atoms with van der Waals surface area (Å²) < 4.78 is 5.34. The maximum absolute atomic E-state index is 10.9. The number of aliphatic carboxylic acids is 1. The van der Waals surface area contributed by atoms with Crippen LogP contribution in [0.2, 0.25) is 0 Å². The highest BCUT2D eigenvalue weighted by Crippen LogP contribution is 2.43. The van der Waals surface area contributed by atoms with Gasteiger partial charge in [-0.05, 0) is 38.8 Å². The molecular weight excluding hydrogens is 220 g/mol. The van der Waals surface area contributed by atoms with E-state index in [1.807, 2.05) is 0 Å². The summed E-state index contributed by atoms with van der Waals surface area (Å²) in [5, 5.41) is 8.94. The average molecular weight is 242 g/mol. The van der Waals surface area contributed by atoms with Gasteiger partial charge in [0.05, 0.1) is 13.2 Å². The lowest BCUT2D eigenvalue weighted by Crippen LogP contribution is -2.56. The number of ether oxygens (including phenoxy) is 1. The van der Waals surface area contributed by atoms with Gasteiger partial charge in [-0.1, -0.05) is 0 Å². The minimum atomic E-state index is -0.902. The van der Waals surface area contributed by atoms with Crippen LogP contribution in [0.4, 0.5) is 0 Å². The predicted molar refractivity (Wildman–Crippen MR) is 63.7 cm³/mol. The van der Waals surface area contributed by atoms with Gasteiger partial charge in [-0.15, -0.1) is 0 Å². The van der Waals surface area contributed by atoms with Gasteiger partial charge in [-0.3, -0.25) is 4.79 Å². The summed E-state index contributed by atoms with van der Waals surface area (Å²) in [6.45, 7) is 3.52. The third kappa shape index (κ3) is 2.61. The van der Waals surface area contributed by atoms with Gasteiger partial charge >= 0.3 is 5.97 Å². The second-order valence-electron chi connectivity index (χ2n) is 5.61. The van der Waals surface area contributed by atoms with Gasteiger partial charge in [0.15, 0.2) is 0 Å². The number of carboxylic acid groups (broad SMARTS) is 1. The number of nitrogens with zero attached hydrogens (tertiary/aromatic N) is 1. The second kappa shape index (κ2) is 4.92. The first-order valence-electron chi connectivity index (χ1n) is 6.28. The summed E-state index contributed by atoms with van der Waals surface area (Å²) in [4.78, 5) is 13.2. The van der Waals surface area contributed by atoms with Crippen LogP contribution in [0.5, 0.6) is 0 Å². The van der Waals surface area contributed by atoms with Gasteiger partial charge in [0, 0.05) is 12.0 Å². The van der Waals surface area contributed by atoms with Gasteiger partial charge < -0.3 is 20.5 Å². The molecule has 2 fully saturated rings. The van der Waals surface area contributed by atoms with Crippen molar-refractivity contribution in [3.8, 4) is 0 Å². The lowest BCUT2D eigenvalue weighted by Gasteiger charge is -2.50. The molecule has 0 aromatic rings. The summed E-state index contributed by atoms with van der Waals surface area (Å²) in [5.41, 5.74) is 5.69. The van der Waals surface area contributed by atoms with Crippen LogP contribution < -0.4 is 5.73 Å². The van der Waals surface area contributed by atoms with E-state index in [9.17, 15) is 4.79 Å². The fraction of sp³-hybridized carbons (Fsp3) is 0.917. The number of hydrogen-bond acceptors (Lipinski definition) is 4. The van der Waals surface area contributed by atoms with Crippen molar-refractivity contribution in [3.05, 3.63) is 0 Å². The Morgan fingerprint density at radius 2 is 2.35 bits per heavy atom. The van der Waals surface area contributed by atoms with Crippen molar-refractivity contribution in [1.29, 1.82) is 0 Å². The van der Waals surface area contributed by atoms with Crippen LogP contribution in [0, 0.1) is 11.3 Å². The SMILES string of the molecule is CN1CCCC(C2(CC(N)C(=O)O)COC2)C1. The first kappa shape index (κ1) is 12.8. The van der Waals surface area contributed by atoms with Gasteiger partial charge in [0.2, 0.25) is 0 Å². The van der Waals surface area contributed by atoms with Crippen molar-refractivity contribution in [2.45, 2.75) is 25.3 Å². The Kier molecular flexibility index (Phi) is 3.70. The van der Waals surface area contributed by atoms with Crippen LogP contribution in [0.25, 0.3) is 0 Å². The van der Waals surface area contributed by atoms with Crippen LogP contribution in [0.3, 0.4) is 0 Å². The number of carboxylic acids is 1. The van der Waals surface area contributed by atoms with Crippen LogP contribution in [-0.2, 0) is 9.53 Å². The zero-order chi connectivity index (χ0) is 12.5. The van der Waals surface area contributed by atoms with Gasteiger partial charge in [-0.25, -0.2) is 0 Å². The summed E-state index contributed by atoms with van der Waals surface area (Å²) >= 11 is 0. The fourth-order valence-electron chi connectivity index (χ4n) is 3.08. The highest BCUT2D eigenvalue weighted by atomic mass is 16.5. The molecule has 5 heteroatoms. The lowest BCUT2D eigenvalue weighted by atomic mass is 9.67. The molecule has 0 aromatic heterocycles. The molecular formula is C12H22N2O3. The Balaban J connectivity index is 2.00. The predicted octanol–water partition coefficient (Wildman–Crippen LogP) is 0.147. The van der Waals surface area contributed by atoms with E-state index >= 15 is 0 Å². The smallest absolute Gasteiger partial charge is 0.320 e. The number of hydrogen-bond donors (Lipinski definition) is 2. The van der Waals surface area contributed by atoms with Crippen molar-refractivity contribution < 1.29 is 14.6 Å². The third-order valence-corrected chi connectivity index (χ3v) is 4.21. The maximum Gasteiger partial charge on any atom is 0.320 e. The van der Waals surface area contributed by atoms with E-state index in [-0.39, 0.29) is 5.41 Å². The Labute approximate surface area is 102 Å². The van der Waals surface area contributed by atoms with Crippen molar-refractivity contribution in [2.24, 2.45) is 17.1 Å². The van der Waals surface area contributed by atoms with E-state index < -0.39 is 12.0 Å². The molecule has 0 aromatic carbocycles. The second-order valence-corrected chi connectivity index (χ2v) is 5.61. The molecule has 2 aliphatic heterocycles. The zero-order valence-corrected chi connectivity index (χ0v) is 10.4. The number of likely N-dealkylation sites (tertiary alicyclic amines) is 1. The summed E-state index contributed by atoms with van der Waals surface area (Å²) in [6, 6.07) is -0.758. The molecule has 17 heavy (non-hydrogen) atoms. The van der Waals surface area contributed by atoms with E-state index in [1.165, 1.54) is 12.8 Å². The molecule has 0 bridgehead atoms. The molecule has 2 rings (SSSR count). The molecule has 0 amide bonds. The van der Waals surface area contributed by atoms with E-state index in [1.54, 1.807) is 0 Å². The largest absolute Gasteiger partial charge is 0.480 e. The Bertz CT molecular complexity index is 291.